The molecule has 0 radical (unpaired) electrons. The van der Waals surface area contributed by atoms with Gasteiger partial charge in [-0.25, -0.2) is 0 Å². The third kappa shape index (κ3) is 6.46. The summed E-state index contributed by atoms with van der Waals surface area (Å²) in [7, 11) is 0. The molecular weight excluding hydrogens is 423 g/mol. The molecule has 5 nitrogen and oxygen atoms in total. The lowest BCUT2D eigenvalue weighted by molar-refractivity contribution is -0.140. The number of amides is 2. The third-order valence-electron chi connectivity index (χ3n) is 5.23. The van der Waals surface area contributed by atoms with Crippen molar-refractivity contribution in [3.63, 3.8) is 0 Å². The molecule has 0 spiro atoms. The first kappa shape index (κ1) is 22.6. The molecule has 1 saturated heterocycles. The minimum absolute atomic E-state index is 0.0515. The van der Waals surface area contributed by atoms with Crippen LogP contribution < -0.4 is 5.32 Å². The van der Waals surface area contributed by atoms with E-state index < -0.39 is 6.04 Å². The number of carbonyl (C=O) groups excluding carboxylic acids is 2. The summed E-state index contributed by atoms with van der Waals surface area (Å²) in [4.78, 5) is 27.5. The molecule has 2 unspecified atom stereocenters. The molecule has 2 atom stereocenters. The molecule has 1 aliphatic heterocycles. The largest absolute Gasteiger partial charge is 0.376 e. The summed E-state index contributed by atoms with van der Waals surface area (Å²) in [6, 6.07) is 13.8. The smallest absolute Gasteiger partial charge is 0.242 e. The predicted molar refractivity (Wildman–Crippen MR) is 119 cm³/mol. The zero-order valence-corrected chi connectivity index (χ0v) is 18.5. The van der Waals surface area contributed by atoms with Crippen molar-refractivity contribution < 1.29 is 14.3 Å². The number of nitrogens with one attached hydrogen (secondary N) is 1. The molecule has 1 aliphatic rings. The van der Waals surface area contributed by atoms with E-state index in [1.165, 1.54) is 0 Å². The Balaban J connectivity index is 1.71. The Morgan fingerprint density at radius 2 is 1.67 bits per heavy atom. The zero-order chi connectivity index (χ0) is 21.5. The number of nitrogens with zero attached hydrogens (tertiary/aromatic N) is 1. The van der Waals surface area contributed by atoms with E-state index in [2.05, 4.69) is 5.32 Å². The Hall–Kier alpha value is -2.08. The SMILES string of the molecule is CC(C(=O)NCC1CCCO1)N(Cc1ccc(Cl)cc1)C(=O)Cc1ccc(Cl)cc1. The molecule has 160 valence electrons. The van der Waals surface area contributed by atoms with Crippen LogP contribution in [0.15, 0.2) is 48.5 Å². The Labute approximate surface area is 187 Å². The second-order valence-electron chi connectivity index (χ2n) is 7.51. The van der Waals surface area contributed by atoms with E-state index in [1.807, 2.05) is 24.3 Å². The molecule has 0 aliphatic carbocycles. The molecular formula is C23H26Cl2N2O3. The van der Waals surface area contributed by atoms with Gasteiger partial charge < -0.3 is 15.0 Å². The number of carbonyl (C=O) groups is 2. The fourth-order valence-electron chi connectivity index (χ4n) is 3.42. The lowest BCUT2D eigenvalue weighted by atomic mass is 10.1. The van der Waals surface area contributed by atoms with Gasteiger partial charge in [0.15, 0.2) is 0 Å². The topological polar surface area (TPSA) is 58.6 Å². The van der Waals surface area contributed by atoms with Gasteiger partial charge in [0.1, 0.15) is 6.04 Å². The van der Waals surface area contributed by atoms with Crippen LogP contribution in [0.2, 0.25) is 10.0 Å². The number of rotatable bonds is 8. The highest BCUT2D eigenvalue weighted by Gasteiger charge is 2.27. The first-order valence-corrected chi connectivity index (χ1v) is 10.9. The summed E-state index contributed by atoms with van der Waals surface area (Å²) in [6.45, 7) is 3.26. The van der Waals surface area contributed by atoms with Crippen molar-refractivity contribution in [2.24, 2.45) is 0 Å². The summed E-state index contributed by atoms with van der Waals surface area (Å²) in [6.07, 6.45) is 2.20. The van der Waals surface area contributed by atoms with E-state index >= 15 is 0 Å². The van der Waals surface area contributed by atoms with E-state index in [9.17, 15) is 9.59 Å². The van der Waals surface area contributed by atoms with Crippen molar-refractivity contribution in [1.82, 2.24) is 10.2 Å². The van der Waals surface area contributed by atoms with Crippen LogP contribution in [0.25, 0.3) is 0 Å². The van der Waals surface area contributed by atoms with E-state index in [1.54, 1.807) is 36.1 Å². The average molecular weight is 449 g/mol. The summed E-state index contributed by atoms with van der Waals surface area (Å²) >= 11 is 11.9. The van der Waals surface area contributed by atoms with Crippen LogP contribution in [-0.2, 0) is 27.3 Å². The molecule has 2 aromatic carbocycles. The Morgan fingerprint density at radius 1 is 1.07 bits per heavy atom. The van der Waals surface area contributed by atoms with E-state index in [4.69, 9.17) is 27.9 Å². The minimum atomic E-state index is -0.623. The lowest BCUT2D eigenvalue weighted by Crippen LogP contribution is -2.49. The number of ether oxygens (including phenoxy) is 1. The van der Waals surface area contributed by atoms with Crippen molar-refractivity contribution in [2.45, 2.75) is 44.9 Å². The Bertz CT molecular complexity index is 850. The van der Waals surface area contributed by atoms with Crippen LogP contribution in [0.5, 0.6) is 0 Å². The van der Waals surface area contributed by atoms with E-state index in [0.717, 1.165) is 30.6 Å². The second-order valence-corrected chi connectivity index (χ2v) is 8.38. The van der Waals surface area contributed by atoms with Gasteiger partial charge in [0.2, 0.25) is 11.8 Å². The maximum absolute atomic E-state index is 13.1. The van der Waals surface area contributed by atoms with Crippen molar-refractivity contribution >= 4 is 35.0 Å². The highest BCUT2D eigenvalue weighted by atomic mass is 35.5. The Kier molecular flexibility index (Phi) is 8.14. The third-order valence-corrected chi connectivity index (χ3v) is 5.73. The van der Waals surface area contributed by atoms with Gasteiger partial charge in [0.25, 0.3) is 0 Å². The first-order chi connectivity index (χ1) is 14.4. The maximum atomic E-state index is 13.1. The van der Waals surface area contributed by atoms with Crippen LogP contribution in [0, 0.1) is 0 Å². The van der Waals surface area contributed by atoms with E-state index in [0.29, 0.717) is 23.1 Å². The van der Waals surface area contributed by atoms with Crippen LogP contribution in [-0.4, -0.2) is 42.0 Å². The maximum Gasteiger partial charge on any atom is 0.242 e. The van der Waals surface area contributed by atoms with Crippen LogP contribution >= 0.6 is 23.2 Å². The number of hydrogen-bond donors (Lipinski definition) is 1. The zero-order valence-electron chi connectivity index (χ0n) is 16.9. The monoisotopic (exact) mass is 448 g/mol. The van der Waals surface area contributed by atoms with Crippen LogP contribution in [0.4, 0.5) is 0 Å². The quantitative estimate of drug-likeness (QED) is 0.656. The second kappa shape index (κ2) is 10.8. The fourth-order valence-corrected chi connectivity index (χ4v) is 3.67. The van der Waals surface area contributed by atoms with Crippen LogP contribution in [0.1, 0.15) is 30.9 Å². The van der Waals surface area contributed by atoms with Crippen molar-refractivity contribution in [3.8, 4) is 0 Å². The average Bonchev–Trinajstić information content (AvgIpc) is 3.26. The molecule has 0 bridgehead atoms. The normalized spacial score (nSPS) is 16.8. The predicted octanol–water partition coefficient (Wildman–Crippen LogP) is 4.25. The highest BCUT2D eigenvalue weighted by molar-refractivity contribution is 6.30. The number of benzene rings is 2. The molecule has 3 rings (SSSR count). The van der Waals surface area contributed by atoms with Gasteiger partial charge in [-0.05, 0) is 55.2 Å². The molecule has 0 aromatic heterocycles. The molecule has 2 amide bonds. The molecule has 1 N–H and O–H groups in total. The summed E-state index contributed by atoms with van der Waals surface area (Å²) in [5.41, 5.74) is 1.75. The van der Waals surface area contributed by atoms with Gasteiger partial charge in [0.05, 0.1) is 12.5 Å². The van der Waals surface area contributed by atoms with Gasteiger partial charge in [-0.1, -0.05) is 47.5 Å². The molecule has 1 fully saturated rings. The number of halogens is 2. The molecule has 7 heteroatoms. The van der Waals surface area contributed by atoms with Crippen molar-refractivity contribution in [2.75, 3.05) is 13.2 Å². The Morgan fingerprint density at radius 3 is 2.23 bits per heavy atom. The minimum Gasteiger partial charge on any atom is -0.376 e. The highest BCUT2D eigenvalue weighted by Crippen LogP contribution is 2.17. The van der Waals surface area contributed by atoms with Gasteiger partial charge in [-0.2, -0.15) is 0 Å². The molecule has 1 heterocycles. The molecule has 0 saturated carbocycles. The van der Waals surface area contributed by atoms with Gasteiger partial charge in [-0.15, -0.1) is 0 Å². The standard InChI is InChI=1S/C23H26Cl2N2O3/c1-16(23(29)26-14-21-3-2-12-30-21)27(15-18-6-10-20(25)11-7-18)22(28)13-17-4-8-19(24)9-5-17/h4-11,16,21H,2-3,12-15H2,1H3,(H,26,29). The lowest BCUT2D eigenvalue weighted by Gasteiger charge is -2.29. The molecule has 30 heavy (non-hydrogen) atoms. The van der Waals surface area contributed by atoms with Gasteiger partial charge in [0, 0.05) is 29.7 Å². The van der Waals surface area contributed by atoms with Gasteiger partial charge in [-0.3, -0.25) is 9.59 Å². The fraction of sp³-hybridized carbons (Fsp3) is 0.391. The van der Waals surface area contributed by atoms with Crippen molar-refractivity contribution in [3.05, 3.63) is 69.7 Å². The summed E-state index contributed by atoms with van der Waals surface area (Å²) in [5.74, 6) is -0.323. The van der Waals surface area contributed by atoms with Crippen molar-refractivity contribution in [1.29, 1.82) is 0 Å². The van der Waals surface area contributed by atoms with Gasteiger partial charge >= 0.3 is 0 Å². The van der Waals surface area contributed by atoms with Crippen LogP contribution in [0.3, 0.4) is 0 Å². The molecule has 2 aromatic rings. The number of hydrogen-bond acceptors (Lipinski definition) is 3. The first-order valence-electron chi connectivity index (χ1n) is 10.1. The summed E-state index contributed by atoms with van der Waals surface area (Å²) < 4.78 is 5.57. The van der Waals surface area contributed by atoms with E-state index in [-0.39, 0.29) is 24.3 Å². The summed E-state index contributed by atoms with van der Waals surface area (Å²) in [5, 5.41) is 4.17.